The molecule has 0 radical (unpaired) electrons. The van der Waals surface area contributed by atoms with Gasteiger partial charge in [-0.2, -0.15) is 5.10 Å². The molecule has 0 fully saturated rings. The van der Waals surface area contributed by atoms with Gasteiger partial charge in [0.2, 0.25) is 0 Å². The first-order valence-electron chi connectivity index (χ1n) is 7.79. The summed E-state index contributed by atoms with van der Waals surface area (Å²) >= 11 is 5.88. The van der Waals surface area contributed by atoms with Crippen molar-refractivity contribution in [1.29, 1.82) is 0 Å². The van der Waals surface area contributed by atoms with Crippen LogP contribution in [0.15, 0.2) is 47.6 Å². The average molecular weight is 405 g/mol. The van der Waals surface area contributed by atoms with Gasteiger partial charge in [0, 0.05) is 22.3 Å². The fourth-order valence-electron chi connectivity index (χ4n) is 1.99. The van der Waals surface area contributed by atoms with Crippen molar-refractivity contribution in [3.63, 3.8) is 0 Å². The quantitative estimate of drug-likeness (QED) is 0.394. The summed E-state index contributed by atoms with van der Waals surface area (Å²) in [5.74, 6) is -2.68. The Labute approximate surface area is 164 Å². The van der Waals surface area contributed by atoms with Crippen molar-refractivity contribution in [1.82, 2.24) is 5.43 Å². The summed E-state index contributed by atoms with van der Waals surface area (Å²) in [6.07, 6.45) is 1.16. The van der Waals surface area contributed by atoms with Gasteiger partial charge in [-0.3, -0.25) is 9.59 Å². The molecule has 0 saturated carbocycles. The van der Waals surface area contributed by atoms with Crippen LogP contribution < -0.4 is 25.3 Å². The number of anilines is 1. The van der Waals surface area contributed by atoms with Crippen LogP contribution in [0.3, 0.4) is 0 Å². The Morgan fingerprint density at radius 1 is 1.18 bits per heavy atom. The van der Waals surface area contributed by atoms with Crippen LogP contribution in [0.5, 0.6) is 11.5 Å². The summed E-state index contributed by atoms with van der Waals surface area (Å²) in [6, 6.07) is 10.8. The minimum Gasteiger partial charge on any atom is -0.546 e. The molecule has 0 saturated heterocycles. The summed E-state index contributed by atoms with van der Waals surface area (Å²) in [6.45, 7) is -0.669. The van der Waals surface area contributed by atoms with E-state index in [0.29, 0.717) is 22.0 Å². The highest BCUT2D eigenvalue weighted by Gasteiger charge is 2.13. The van der Waals surface area contributed by atoms with Crippen LogP contribution in [0.2, 0.25) is 5.02 Å². The Morgan fingerprint density at radius 2 is 1.96 bits per heavy atom. The fourth-order valence-corrected chi connectivity index (χ4v) is 2.17. The number of carbonyl (C=O) groups excluding carboxylic acids is 3. The third-order valence-corrected chi connectivity index (χ3v) is 3.46. The average Bonchev–Trinajstić information content (AvgIpc) is 2.67. The van der Waals surface area contributed by atoms with Gasteiger partial charge in [0.25, 0.3) is 0 Å². The van der Waals surface area contributed by atoms with Crippen LogP contribution in [0.4, 0.5) is 5.69 Å². The van der Waals surface area contributed by atoms with Gasteiger partial charge in [0.1, 0.15) is 18.1 Å². The maximum Gasteiger partial charge on any atom is 0.329 e. The number of aliphatic carboxylic acids is 1. The molecule has 0 heterocycles. The van der Waals surface area contributed by atoms with E-state index in [1.807, 2.05) is 0 Å². The number of hydrazone groups is 1. The van der Waals surface area contributed by atoms with Gasteiger partial charge < -0.3 is 24.7 Å². The van der Waals surface area contributed by atoms with Crippen molar-refractivity contribution < 1.29 is 29.0 Å². The lowest BCUT2D eigenvalue weighted by Gasteiger charge is -2.09. The second-order valence-corrected chi connectivity index (χ2v) is 5.66. The zero-order chi connectivity index (χ0) is 20.5. The lowest BCUT2D eigenvalue weighted by Crippen LogP contribution is -2.32. The molecule has 9 nitrogen and oxygen atoms in total. The number of carboxylic acid groups (broad SMARTS) is 1. The van der Waals surface area contributed by atoms with Crippen molar-refractivity contribution in [3.8, 4) is 11.5 Å². The van der Waals surface area contributed by atoms with Crippen LogP contribution in [-0.4, -0.2) is 37.7 Å². The van der Waals surface area contributed by atoms with Gasteiger partial charge in [0.15, 0.2) is 0 Å². The maximum atomic E-state index is 11.9. The maximum absolute atomic E-state index is 11.9. The van der Waals surface area contributed by atoms with Crippen LogP contribution in [0, 0.1) is 0 Å². The van der Waals surface area contributed by atoms with E-state index in [1.165, 1.54) is 25.3 Å². The van der Waals surface area contributed by atoms with Gasteiger partial charge in [-0.25, -0.2) is 5.43 Å². The highest BCUT2D eigenvalue weighted by atomic mass is 35.5. The Morgan fingerprint density at radius 3 is 2.68 bits per heavy atom. The Balaban J connectivity index is 1.99. The third-order valence-electron chi connectivity index (χ3n) is 3.22. The largest absolute Gasteiger partial charge is 0.546 e. The predicted molar refractivity (Wildman–Crippen MR) is 99.3 cm³/mol. The molecule has 2 aromatic carbocycles. The van der Waals surface area contributed by atoms with E-state index in [9.17, 15) is 19.5 Å². The van der Waals surface area contributed by atoms with Gasteiger partial charge in [0.05, 0.1) is 19.3 Å². The van der Waals surface area contributed by atoms with Crippen LogP contribution >= 0.6 is 11.6 Å². The molecular formula is C18H15ClN3O6-. The van der Waals surface area contributed by atoms with Crippen LogP contribution in [0.1, 0.15) is 5.56 Å². The molecule has 0 unspecified atom stereocenters. The SMILES string of the molecule is COc1cccc(NC(=O)C(=O)N/N=C\c2cc(Cl)ccc2OCC(=O)[O-])c1. The molecule has 0 spiro atoms. The molecule has 10 heteroatoms. The topological polar surface area (TPSA) is 129 Å². The van der Waals surface area contributed by atoms with Gasteiger partial charge in [-0.05, 0) is 30.3 Å². The van der Waals surface area contributed by atoms with E-state index < -0.39 is 24.4 Å². The summed E-state index contributed by atoms with van der Waals surface area (Å²) < 4.78 is 10.1. The summed E-state index contributed by atoms with van der Waals surface area (Å²) in [7, 11) is 1.48. The number of ether oxygens (including phenoxy) is 2. The lowest BCUT2D eigenvalue weighted by molar-refractivity contribution is -0.307. The number of carboxylic acids is 1. The zero-order valence-electron chi connectivity index (χ0n) is 14.6. The minimum atomic E-state index is -1.40. The first-order chi connectivity index (χ1) is 13.4. The first kappa shape index (κ1) is 20.7. The number of carbonyl (C=O) groups is 3. The Hall–Kier alpha value is -3.59. The van der Waals surface area contributed by atoms with E-state index in [2.05, 4.69) is 15.8 Å². The molecule has 0 bridgehead atoms. The van der Waals surface area contributed by atoms with Crippen molar-refractivity contribution in [2.45, 2.75) is 0 Å². The standard InChI is InChI=1S/C18H16ClN3O6/c1-27-14-4-2-3-13(8-14)21-17(25)18(26)22-20-9-11-7-12(19)5-6-15(11)28-10-16(23)24/h2-9H,10H2,1H3,(H,21,25)(H,22,26)(H,23,24)/p-1/b20-9-. The Bertz CT molecular complexity index is 916. The van der Waals surface area contributed by atoms with Gasteiger partial charge >= 0.3 is 11.8 Å². The van der Waals surface area contributed by atoms with Crippen molar-refractivity contribution in [2.75, 3.05) is 19.0 Å². The molecule has 2 aromatic rings. The number of nitrogens with zero attached hydrogens (tertiary/aromatic N) is 1. The molecule has 28 heavy (non-hydrogen) atoms. The number of hydrogen-bond acceptors (Lipinski definition) is 7. The molecule has 0 aliphatic carbocycles. The normalized spacial score (nSPS) is 10.4. The van der Waals surface area contributed by atoms with E-state index in [4.69, 9.17) is 21.1 Å². The lowest BCUT2D eigenvalue weighted by atomic mass is 10.2. The molecule has 2 rings (SSSR count). The predicted octanol–water partition coefficient (Wildman–Crippen LogP) is 0.566. The number of benzene rings is 2. The molecule has 0 aromatic heterocycles. The molecule has 2 amide bonds. The molecule has 146 valence electrons. The Kier molecular flexibility index (Phi) is 7.35. The second-order valence-electron chi connectivity index (χ2n) is 5.23. The number of methoxy groups -OCH3 is 1. The molecule has 0 aliphatic heterocycles. The number of halogens is 1. The summed E-state index contributed by atoms with van der Waals surface area (Å²) in [5, 5.41) is 16.9. The first-order valence-corrected chi connectivity index (χ1v) is 8.17. The van der Waals surface area contributed by atoms with Crippen molar-refractivity contribution in [2.24, 2.45) is 5.10 Å². The highest BCUT2D eigenvalue weighted by molar-refractivity contribution is 6.39. The molecule has 2 N–H and O–H groups in total. The van der Waals surface area contributed by atoms with E-state index >= 15 is 0 Å². The molecule has 0 aliphatic rings. The minimum absolute atomic E-state index is 0.160. The van der Waals surface area contributed by atoms with E-state index in [0.717, 1.165) is 6.21 Å². The van der Waals surface area contributed by atoms with Crippen LogP contribution in [0.25, 0.3) is 0 Å². The van der Waals surface area contributed by atoms with Gasteiger partial charge in [-0.15, -0.1) is 0 Å². The van der Waals surface area contributed by atoms with Gasteiger partial charge in [-0.1, -0.05) is 17.7 Å². The molecular weight excluding hydrogens is 390 g/mol. The third kappa shape index (κ3) is 6.29. The zero-order valence-corrected chi connectivity index (χ0v) is 15.4. The second kappa shape index (κ2) is 9.93. The van der Waals surface area contributed by atoms with Crippen LogP contribution in [-0.2, 0) is 14.4 Å². The summed E-state index contributed by atoms with van der Waals surface area (Å²) in [5.41, 5.74) is 2.72. The molecule has 0 atom stereocenters. The van der Waals surface area contributed by atoms with E-state index in [1.54, 1.807) is 24.3 Å². The fraction of sp³-hybridized carbons (Fsp3) is 0.111. The number of nitrogens with one attached hydrogen (secondary N) is 2. The highest BCUT2D eigenvalue weighted by Crippen LogP contribution is 2.21. The smallest absolute Gasteiger partial charge is 0.329 e. The number of amides is 2. The van der Waals surface area contributed by atoms with Crippen molar-refractivity contribution >= 4 is 41.3 Å². The number of rotatable bonds is 7. The van der Waals surface area contributed by atoms with E-state index in [-0.39, 0.29) is 5.75 Å². The number of hydrogen-bond donors (Lipinski definition) is 2. The van der Waals surface area contributed by atoms with Crippen molar-refractivity contribution in [3.05, 3.63) is 53.1 Å². The monoisotopic (exact) mass is 404 g/mol. The summed E-state index contributed by atoms with van der Waals surface area (Å²) in [4.78, 5) is 34.3.